The Hall–Kier alpha value is -8.37. The molecular weight excluding hydrogens is 853 g/mol. The third-order valence-corrected chi connectivity index (χ3v) is 16.0. The summed E-state index contributed by atoms with van der Waals surface area (Å²) >= 11 is 1.89. The molecule has 0 saturated carbocycles. The number of rotatable bonds is 5. The zero-order valence-electron chi connectivity index (χ0n) is 37.6. The number of hydrogen-bond acceptors (Lipinski definition) is 3. The fourth-order valence-corrected chi connectivity index (χ4v) is 13.2. The van der Waals surface area contributed by atoms with Gasteiger partial charge in [0.1, 0.15) is 0 Å². The zero-order chi connectivity index (χ0) is 45.5. The van der Waals surface area contributed by atoms with Crippen LogP contribution in [0.1, 0.15) is 44.5 Å². The van der Waals surface area contributed by atoms with Gasteiger partial charge in [-0.15, -0.1) is 0 Å². The highest BCUT2D eigenvalue weighted by molar-refractivity contribution is 7.99. The molecule has 69 heavy (non-hydrogen) atoms. The van der Waals surface area contributed by atoms with E-state index in [0.29, 0.717) is 5.82 Å². The van der Waals surface area contributed by atoms with E-state index in [2.05, 4.69) is 255 Å². The topological polar surface area (TPSA) is 25.8 Å². The van der Waals surface area contributed by atoms with Crippen LogP contribution in [0.5, 0.6) is 0 Å². The first-order chi connectivity index (χ1) is 34.2. The molecular formula is C66H42N2S. The summed E-state index contributed by atoms with van der Waals surface area (Å²) in [6, 6.07) is 93.7. The Labute approximate surface area is 406 Å². The maximum absolute atomic E-state index is 5.39. The van der Waals surface area contributed by atoms with Crippen molar-refractivity contribution in [3.8, 4) is 67.3 Å². The number of benzene rings is 10. The van der Waals surface area contributed by atoms with E-state index in [0.717, 1.165) is 50.3 Å². The molecule has 2 aliphatic carbocycles. The van der Waals surface area contributed by atoms with Crippen LogP contribution >= 0.6 is 11.8 Å². The summed E-state index contributed by atoms with van der Waals surface area (Å²) in [6.07, 6.45) is 0. The van der Waals surface area contributed by atoms with Crippen molar-refractivity contribution >= 4 is 11.8 Å². The average molecular weight is 895 g/mol. The Kier molecular flexibility index (Phi) is 8.99. The van der Waals surface area contributed by atoms with Crippen molar-refractivity contribution in [2.45, 2.75) is 20.6 Å². The molecule has 3 heteroatoms. The van der Waals surface area contributed by atoms with E-state index in [1.807, 2.05) is 11.8 Å². The minimum absolute atomic E-state index is 0.492. The minimum Gasteiger partial charge on any atom is -0.228 e. The molecule has 0 radical (unpaired) electrons. The standard InChI is InChI=1S/C66H42N2S/c1-3-20-43(21-4-1)48-26-7-8-29-51(48)64-67-60(44-22-5-2-6-23-44)42-61(68-64)47-25-19-24-45(40-47)46-38-39-63-59(41-46)66(58-36-17-18-37-62(58)69-63)56-34-15-13-32-54(56)65(55-33-14-16-35-57(55)66)52-30-11-9-27-49(52)50-28-10-12-31-53(50)65/h1-42H. The molecule has 1 aliphatic heterocycles. The van der Waals surface area contributed by atoms with Crippen molar-refractivity contribution in [3.05, 3.63) is 299 Å². The van der Waals surface area contributed by atoms with Crippen molar-refractivity contribution < 1.29 is 0 Å². The van der Waals surface area contributed by atoms with Gasteiger partial charge in [-0.1, -0.05) is 236 Å². The van der Waals surface area contributed by atoms with Gasteiger partial charge in [-0.05, 0) is 108 Å². The lowest BCUT2D eigenvalue weighted by Gasteiger charge is -2.51. The molecule has 1 aromatic heterocycles. The van der Waals surface area contributed by atoms with Gasteiger partial charge in [-0.25, -0.2) is 9.97 Å². The highest BCUT2D eigenvalue weighted by Crippen LogP contribution is 2.67. The summed E-state index contributed by atoms with van der Waals surface area (Å²) < 4.78 is 0. The van der Waals surface area contributed by atoms with Crippen LogP contribution in [0, 0.1) is 0 Å². The predicted octanol–water partition coefficient (Wildman–Crippen LogP) is 16.3. The number of aromatic nitrogens is 2. The molecule has 2 spiro atoms. The van der Waals surface area contributed by atoms with Crippen molar-refractivity contribution in [2.75, 3.05) is 0 Å². The lowest BCUT2D eigenvalue weighted by Crippen LogP contribution is -2.45. The van der Waals surface area contributed by atoms with E-state index in [4.69, 9.17) is 9.97 Å². The van der Waals surface area contributed by atoms with E-state index in [9.17, 15) is 0 Å². The molecule has 0 bridgehead atoms. The Morgan fingerprint density at radius 2 is 0.667 bits per heavy atom. The molecule has 14 rings (SSSR count). The van der Waals surface area contributed by atoms with Gasteiger partial charge in [-0.3, -0.25) is 0 Å². The van der Waals surface area contributed by atoms with Crippen LogP contribution in [0.15, 0.2) is 265 Å². The molecule has 0 unspecified atom stereocenters. The number of hydrogen-bond donors (Lipinski definition) is 0. The van der Waals surface area contributed by atoms with Gasteiger partial charge >= 0.3 is 0 Å². The molecule has 0 fully saturated rings. The van der Waals surface area contributed by atoms with E-state index in [1.165, 1.54) is 65.4 Å². The van der Waals surface area contributed by atoms with E-state index in [-0.39, 0.29) is 0 Å². The third kappa shape index (κ3) is 5.81. The molecule has 0 saturated heterocycles. The second-order valence-electron chi connectivity index (χ2n) is 18.3. The van der Waals surface area contributed by atoms with Gasteiger partial charge < -0.3 is 0 Å². The molecule has 0 amide bonds. The van der Waals surface area contributed by atoms with Crippen LogP contribution in [-0.4, -0.2) is 9.97 Å². The molecule has 322 valence electrons. The Balaban J connectivity index is 0.978. The lowest BCUT2D eigenvalue weighted by molar-refractivity contribution is 0.606. The molecule has 11 aromatic rings. The van der Waals surface area contributed by atoms with E-state index >= 15 is 0 Å². The van der Waals surface area contributed by atoms with Gasteiger partial charge in [0.25, 0.3) is 0 Å². The summed E-state index contributed by atoms with van der Waals surface area (Å²) in [5.74, 6) is 0.697. The summed E-state index contributed by atoms with van der Waals surface area (Å²) in [7, 11) is 0. The molecule has 3 aliphatic rings. The molecule has 2 heterocycles. The van der Waals surface area contributed by atoms with Crippen LogP contribution in [-0.2, 0) is 10.8 Å². The van der Waals surface area contributed by atoms with Crippen molar-refractivity contribution in [2.24, 2.45) is 0 Å². The Bertz CT molecular complexity index is 3740. The summed E-state index contributed by atoms with van der Waals surface area (Å²) in [5, 5.41) is 0. The monoisotopic (exact) mass is 894 g/mol. The fourth-order valence-electron chi connectivity index (χ4n) is 12.1. The predicted molar refractivity (Wildman–Crippen MR) is 283 cm³/mol. The van der Waals surface area contributed by atoms with Gasteiger partial charge in [0.2, 0.25) is 0 Å². The van der Waals surface area contributed by atoms with Crippen molar-refractivity contribution in [1.82, 2.24) is 9.97 Å². The van der Waals surface area contributed by atoms with Crippen LogP contribution in [0.4, 0.5) is 0 Å². The van der Waals surface area contributed by atoms with Crippen LogP contribution in [0.25, 0.3) is 67.3 Å². The summed E-state index contributed by atoms with van der Waals surface area (Å²) in [5.41, 5.74) is 21.5. The SMILES string of the molecule is c1ccc(-c2cc(-c3cccc(-c4ccc5c(c4)C4(c6ccccc6S5)c5ccccc5C5(c6ccccc6-c6ccccc65)c5ccccc54)c3)nc(-c3ccccc3-c3ccccc3)n2)cc1. The quantitative estimate of drug-likeness (QED) is 0.172. The summed E-state index contributed by atoms with van der Waals surface area (Å²) in [6.45, 7) is 0. The zero-order valence-corrected chi connectivity index (χ0v) is 38.4. The smallest absolute Gasteiger partial charge is 0.161 e. The largest absolute Gasteiger partial charge is 0.228 e. The highest BCUT2D eigenvalue weighted by Gasteiger charge is 2.58. The van der Waals surface area contributed by atoms with Crippen LogP contribution < -0.4 is 0 Å². The maximum atomic E-state index is 5.39. The van der Waals surface area contributed by atoms with Gasteiger partial charge in [0, 0.05) is 26.5 Å². The number of fused-ring (bicyclic) bond motifs is 15. The first kappa shape index (κ1) is 39.8. The highest BCUT2D eigenvalue weighted by atomic mass is 32.2. The Morgan fingerprint density at radius 3 is 1.29 bits per heavy atom. The normalized spacial score (nSPS) is 14.0. The Morgan fingerprint density at radius 1 is 0.246 bits per heavy atom. The second kappa shape index (κ2) is 15.6. The van der Waals surface area contributed by atoms with Crippen LogP contribution in [0.2, 0.25) is 0 Å². The van der Waals surface area contributed by atoms with Gasteiger partial charge in [0.15, 0.2) is 5.82 Å². The summed E-state index contributed by atoms with van der Waals surface area (Å²) in [4.78, 5) is 13.2. The fraction of sp³-hybridized carbons (Fsp3) is 0.0303. The van der Waals surface area contributed by atoms with E-state index in [1.54, 1.807) is 0 Å². The molecule has 10 aromatic carbocycles. The lowest BCUT2D eigenvalue weighted by atomic mass is 9.51. The van der Waals surface area contributed by atoms with Crippen molar-refractivity contribution in [1.29, 1.82) is 0 Å². The second-order valence-corrected chi connectivity index (χ2v) is 19.4. The molecule has 0 N–H and O–H groups in total. The maximum Gasteiger partial charge on any atom is 0.161 e. The third-order valence-electron chi connectivity index (χ3n) is 14.9. The van der Waals surface area contributed by atoms with Gasteiger partial charge in [0.05, 0.1) is 22.2 Å². The van der Waals surface area contributed by atoms with E-state index < -0.39 is 10.8 Å². The number of nitrogens with zero attached hydrogens (tertiary/aromatic N) is 2. The van der Waals surface area contributed by atoms with Crippen molar-refractivity contribution in [3.63, 3.8) is 0 Å². The van der Waals surface area contributed by atoms with Gasteiger partial charge in [-0.2, -0.15) is 0 Å². The van der Waals surface area contributed by atoms with Crippen LogP contribution in [0.3, 0.4) is 0 Å². The molecule has 0 atom stereocenters. The first-order valence-corrected chi connectivity index (χ1v) is 24.5. The first-order valence-electron chi connectivity index (χ1n) is 23.7. The minimum atomic E-state index is -0.603. The molecule has 2 nitrogen and oxygen atoms in total. The average Bonchev–Trinajstić information content (AvgIpc) is 3.73.